The number of ether oxygens (including phenoxy) is 1. The van der Waals surface area contributed by atoms with E-state index in [2.05, 4.69) is 30.2 Å². The molecule has 0 aliphatic heterocycles. The maximum Gasteiger partial charge on any atom is 0.125 e. The number of rotatable bonds is 4. The SMILES string of the molecule is CNc1cc(COC2CC(C)CC(C)C2)ccn1. The third-order valence-corrected chi connectivity index (χ3v) is 3.70. The molecule has 1 fully saturated rings. The molecule has 3 heteroatoms. The molecule has 2 rings (SSSR count). The molecule has 2 unspecified atom stereocenters. The van der Waals surface area contributed by atoms with Crippen LogP contribution < -0.4 is 5.32 Å². The van der Waals surface area contributed by atoms with E-state index in [1.807, 2.05) is 19.3 Å². The maximum absolute atomic E-state index is 6.05. The second-order valence-corrected chi connectivity index (χ2v) is 5.65. The summed E-state index contributed by atoms with van der Waals surface area (Å²) in [5.41, 5.74) is 1.19. The minimum absolute atomic E-state index is 0.426. The molecule has 3 nitrogen and oxygen atoms in total. The lowest BCUT2D eigenvalue weighted by atomic mass is 9.82. The average molecular weight is 248 g/mol. The van der Waals surface area contributed by atoms with Crippen molar-refractivity contribution in [2.24, 2.45) is 11.8 Å². The van der Waals surface area contributed by atoms with Crippen molar-refractivity contribution >= 4 is 5.82 Å². The Morgan fingerprint density at radius 2 is 2.00 bits per heavy atom. The van der Waals surface area contributed by atoms with Crippen molar-refractivity contribution in [2.45, 2.75) is 45.8 Å². The number of pyridine rings is 1. The number of anilines is 1. The summed E-state index contributed by atoms with van der Waals surface area (Å²) in [5, 5.41) is 3.05. The van der Waals surface area contributed by atoms with Crippen LogP contribution in [0.4, 0.5) is 5.82 Å². The molecule has 0 bridgehead atoms. The molecule has 0 amide bonds. The van der Waals surface area contributed by atoms with Crippen LogP contribution in [-0.2, 0) is 11.3 Å². The highest BCUT2D eigenvalue weighted by Crippen LogP contribution is 2.30. The van der Waals surface area contributed by atoms with Gasteiger partial charge in [0.1, 0.15) is 5.82 Å². The van der Waals surface area contributed by atoms with Crippen molar-refractivity contribution in [1.29, 1.82) is 0 Å². The lowest BCUT2D eigenvalue weighted by molar-refractivity contribution is -0.00916. The molecule has 1 N–H and O–H groups in total. The van der Waals surface area contributed by atoms with E-state index >= 15 is 0 Å². The van der Waals surface area contributed by atoms with Gasteiger partial charge in [0.2, 0.25) is 0 Å². The number of hydrogen-bond donors (Lipinski definition) is 1. The normalized spacial score (nSPS) is 28.1. The Labute approximate surface area is 110 Å². The smallest absolute Gasteiger partial charge is 0.125 e. The predicted octanol–water partition coefficient (Wildman–Crippen LogP) is 3.46. The summed E-state index contributed by atoms with van der Waals surface area (Å²) < 4.78 is 6.05. The summed E-state index contributed by atoms with van der Waals surface area (Å²) in [6.45, 7) is 5.36. The van der Waals surface area contributed by atoms with Crippen LogP contribution in [0.1, 0.15) is 38.7 Å². The summed E-state index contributed by atoms with van der Waals surface area (Å²) in [6, 6.07) is 4.08. The van der Waals surface area contributed by atoms with E-state index in [1.165, 1.54) is 24.8 Å². The van der Waals surface area contributed by atoms with E-state index in [1.54, 1.807) is 0 Å². The van der Waals surface area contributed by atoms with Gasteiger partial charge in [0.05, 0.1) is 12.7 Å². The van der Waals surface area contributed by atoms with Gasteiger partial charge >= 0.3 is 0 Å². The Balaban J connectivity index is 1.86. The van der Waals surface area contributed by atoms with Crippen LogP contribution in [0.25, 0.3) is 0 Å². The molecule has 0 radical (unpaired) electrons. The fourth-order valence-corrected chi connectivity index (χ4v) is 2.92. The first-order chi connectivity index (χ1) is 8.67. The van der Waals surface area contributed by atoms with E-state index in [9.17, 15) is 0 Å². The van der Waals surface area contributed by atoms with E-state index < -0.39 is 0 Å². The fourth-order valence-electron chi connectivity index (χ4n) is 2.92. The topological polar surface area (TPSA) is 34.1 Å². The van der Waals surface area contributed by atoms with Gasteiger partial charge in [-0.15, -0.1) is 0 Å². The fraction of sp³-hybridized carbons (Fsp3) is 0.667. The zero-order valence-electron chi connectivity index (χ0n) is 11.6. The molecule has 1 aromatic rings. The highest BCUT2D eigenvalue weighted by molar-refractivity contribution is 5.36. The molecular formula is C15H24N2O. The van der Waals surface area contributed by atoms with Crippen molar-refractivity contribution in [3.8, 4) is 0 Å². The second kappa shape index (κ2) is 6.19. The number of aromatic nitrogens is 1. The van der Waals surface area contributed by atoms with E-state index in [0.29, 0.717) is 12.7 Å². The molecule has 100 valence electrons. The van der Waals surface area contributed by atoms with Gasteiger partial charge in [-0.3, -0.25) is 0 Å². The minimum atomic E-state index is 0.426. The van der Waals surface area contributed by atoms with Gasteiger partial charge in [-0.1, -0.05) is 13.8 Å². The Kier molecular flexibility index (Phi) is 4.59. The first-order valence-corrected chi connectivity index (χ1v) is 6.91. The molecule has 18 heavy (non-hydrogen) atoms. The van der Waals surface area contributed by atoms with Gasteiger partial charge in [-0.2, -0.15) is 0 Å². The zero-order chi connectivity index (χ0) is 13.0. The molecule has 2 atom stereocenters. The van der Waals surface area contributed by atoms with Crippen molar-refractivity contribution in [1.82, 2.24) is 4.98 Å². The monoisotopic (exact) mass is 248 g/mol. The van der Waals surface area contributed by atoms with Crippen LogP contribution in [-0.4, -0.2) is 18.1 Å². The van der Waals surface area contributed by atoms with E-state index in [-0.39, 0.29) is 0 Å². The van der Waals surface area contributed by atoms with Crippen molar-refractivity contribution < 1.29 is 4.74 Å². The summed E-state index contributed by atoms with van der Waals surface area (Å²) in [7, 11) is 1.89. The summed E-state index contributed by atoms with van der Waals surface area (Å²) in [5.74, 6) is 2.49. The molecular weight excluding hydrogens is 224 g/mol. The van der Waals surface area contributed by atoms with Crippen LogP contribution >= 0.6 is 0 Å². The van der Waals surface area contributed by atoms with Crippen molar-refractivity contribution in [3.05, 3.63) is 23.9 Å². The van der Waals surface area contributed by atoms with Gasteiger partial charge in [0.15, 0.2) is 0 Å². The standard InChI is InChI=1S/C15H24N2O/c1-11-6-12(2)8-14(7-11)18-10-13-4-5-17-15(9-13)16-3/h4-5,9,11-12,14H,6-8,10H2,1-3H3,(H,16,17). The Morgan fingerprint density at radius 3 is 2.67 bits per heavy atom. The Hall–Kier alpha value is -1.09. The summed E-state index contributed by atoms with van der Waals surface area (Å²) >= 11 is 0. The van der Waals surface area contributed by atoms with Crippen LogP contribution in [0.15, 0.2) is 18.3 Å². The number of hydrogen-bond acceptors (Lipinski definition) is 3. The Bertz CT molecular complexity index is 371. The highest BCUT2D eigenvalue weighted by Gasteiger charge is 2.24. The molecule has 1 aliphatic carbocycles. The molecule has 0 saturated heterocycles. The van der Waals surface area contributed by atoms with Gasteiger partial charge in [-0.05, 0) is 48.8 Å². The maximum atomic E-state index is 6.05. The van der Waals surface area contributed by atoms with Crippen molar-refractivity contribution in [3.63, 3.8) is 0 Å². The first-order valence-electron chi connectivity index (χ1n) is 6.91. The molecule has 0 aromatic carbocycles. The lowest BCUT2D eigenvalue weighted by Crippen LogP contribution is -2.26. The van der Waals surface area contributed by atoms with Crippen molar-refractivity contribution in [2.75, 3.05) is 12.4 Å². The minimum Gasteiger partial charge on any atom is -0.374 e. The van der Waals surface area contributed by atoms with Crippen LogP contribution in [0.3, 0.4) is 0 Å². The first kappa shape index (κ1) is 13.3. The van der Waals surface area contributed by atoms with Gasteiger partial charge in [0.25, 0.3) is 0 Å². The van der Waals surface area contributed by atoms with E-state index in [4.69, 9.17) is 4.74 Å². The van der Waals surface area contributed by atoms with Gasteiger partial charge in [-0.25, -0.2) is 4.98 Å². The Morgan fingerprint density at radius 1 is 1.28 bits per heavy atom. The summed E-state index contributed by atoms with van der Waals surface area (Å²) in [4.78, 5) is 4.21. The van der Waals surface area contributed by atoms with E-state index in [0.717, 1.165) is 17.7 Å². The predicted molar refractivity (Wildman–Crippen MR) is 74.5 cm³/mol. The number of nitrogens with zero attached hydrogens (tertiary/aromatic N) is 1. The average Bonchev–Trinajstić information content (AvgIpc) is 2.35. The quantitative estimate of drug-likeness (QED) is 0.886. The number of nitrogens with one attached hydrogen (secondary N) is 1. The molecule has 1 heterocycles. The van der Waals surface area contributed by atoms with Crippen LogP contribution in [0.2, 0.25) is 0 Å². The molecule has 1 aliphatic rings. The molecule has 1 aromatic heterocycles. The largest absolute Gasteiger partial charge is 0.374 e. The molecule has 1 saturated carbocycles. The zero-order valence-corrected chi connectivity index (χ0v) is 11.6. The van der Waals surface area contributed by atoms with Gasteiger partial charge < -0.3 is 10.1 Å². The second-order valence-electron chi connectivity index (χ2n) is 5.65. The summed E-state index contributed by atoms with van der Waals surface area (Å²) in [6.07, 6.45) is 6.01. The third kappa shape index (κ3) is 3.70. The third-order valence-electron chi connectivity index (χ3n) is 3.70. The highest BCUT2D eigenvalue weighted by atomic mass is 16.5. The van der Waals surface area contributed by atoms with Crippen LogP contribution in [0.5, 0.6) is 0 Å². The van der Waals surface area contributed by atoms with Gasteiger partial charge in [0, 0.05) is 13.2 Å². The lowest BCUT2D eigenvalue weighted by Gasteiger charge is -2.31. The van der Waals surface area contributed by atoms with Crippen LogP contribution in [0, 0.1) is 11.8 Å². The molecule has 0 spiro atoms.